The third-order valence-electron chi connectivity index (χ3n) is 6.75. The zero-order valence-electron chi connectivity index (χ0n) is 19.1. The first-order valence-corrected chi connectivity index (χ1v) is 11.5. The Bertz CT molecular complexity index is 1330. The van der Waals surface area contributed by atoms with E-state index in [4.69, 9.17) is 0 Å². The van der Waals surface area contributed by atoms with Crippen LogP contribution in [0.25, 0.3) is 11.2 Å². The maximum absolute atomic E-state index is 13.4. The molecule has 0 amide bonds. The molecule has 176 valence electrons. The molecular weight excluding hydrogens is 441 g/mol. The Kier molecular flexibility index (Phi) is 5.62. The minimum Gasteiger partial charge on any atom is -0.297 e. The molecular formula is C26H25F3N4O. The molecule has 3 aromatic rings. The molecule has 0 N–H and O–H groups in total. The fourth-order valence-electron chi connectivity index (χ4n) is 5.13. The van der Waals surface area contributed by atoms with E-state index in [1.54, 1.807) is 16.8 Å². The van der Waals surface area contributed by atoms with Crippen LogP contribution in [-0.2, 0) is 6.42 Å². The number of ketones is 1. The number of carbonyl (C=O) groups is 1. The van der Waals surface area contributed by atoms with Crippen LogP contribution in [0.1, 0.15) is 59.1 Å². The predicted octanol–water partition coefficient (Wildman–Crippen LogP) is 5.65. The molecule has 8 heteroatoms. The van der Waals surface area contributed by atoms with Crippen molar-refractivity contribution in [1.29, 1.82) is 0 Å². The lowest BCUT2D eigenvalue weighted by atomic mass is 9.73. The summed E-state index contributed by atoms with van der Waals surface area (Å²) in [5, 5.41) is 0. The summed E-state index contributed by atoms with van der Waals surface area (Å²) >= 11 is 0. The predicted molar refractivity (Wildman–Crippen MR) is 124 cm³/mol. The number of benzene rings is 1. The second kappa shape index (κ2) is 8.49. The van der Waals surface area contributed by atoms with Crippen LogP contribution in [0.3, 0.4) is 0 Å². The van der Waals surface area contributed by atoms with Crippen LogP contribution < -0.4 is 0 Å². The molecule has 0 radical (unpaired) electrons. The highest BCUT2D eigenvalue weighted by molar-refractivity contribution is 6.27. The molecule has 34 heavy (non-hydrogen) atoms. The van der Waals surface area contributed by atoms with E-state index in [2.05, 4.69) is 21.9 Å². The number of allylic oxidation sites excluding steroid dienone is 1. The topological polar surface area (TPSA) is 59.6 Å². The van der Waals surface area contributed by atoms with E-state index in [1.165, 1.54) is 12.3 Å². The first kappa shape index (κ1) is 22.5. The van der Waals surface area contributed by atoms with Gasteiger partial charge in [-0.3, -0.25) is 19.2 Å². The molecule has 1 saturated carbocycles. The fraction of sp³-hybridized carbons (Fsp3) is 0.385. The van der Waals surface area contributed by atoms with Crippen LogP contribution >= 0.6 is 0 Å². The maximum atomic E-state index is 13.4. The zero-order chi connectivity index (χ0) is 24.0. The average Bonchev–Trinajstić information content (AvgIpc) is 3.40. The van der Waals surface area contributed by atoms with E-state index in [1.807, 2.05) is 25.1 Å². The molecule has 1 aliphatic carbocycles. The standard InChI is InChI=1S/C26H25F3N4O/c1-15-9-18(10-15)13-23(34)19-4-3-17(11-16(19)2)12-21-25-32-14-22(33(25)8-7-30-21)20-5-6-31-24(20)26(27,28)29/h3-5,7-8,11,14-15,18H,6,9-10,12-13H2,1-2H3/t15-,18-. The second-order valence-corrected chi connectivity index (χ2v) is 9.41. The van der Waals surface area contributed by atoms with Crippen LogP contribution in [-0.4, -0.2) is 38.6 Å². The highest BCUT2D eigenvalue weighted by atomic mass is 19.4. The number of hydrogen-bond acceptors (Lipinski definition) is 4. The Morgan fingerprint density at radius 1 is 1.21 bits per heavy atom. The molecule has 5 rings (SSSR count). The summed E-state index contributed by atoms with van der Waals surface area (Å²) in [6.45, 7) is 4.15. The van der Waals surface area contributed by atoms with Gasteiger partial charge in [-0.2, -0.15) is 13.2 Å². The minimum atomic E-state index is -4.52. The van der Waals surface area contributed by atoms with E-state index in [-0.39, 0.29) is 17.9 Å². The van der Waals surface area contributed by atoms with E-state index < -0.39 is 11.9 Å². The van der Waals surface area contributed by atoms with Gasteiger partial charge in [-0.15, -0.1) is 0 Å². The van der Waals surface area contributed by atoms with Crippen molar-refractivity contribution in [2.45, 2.75) is 45.7 Å². The summed E-state index contributed by atoms with van der Waals surface area (Å²) in [6, 6.07) is 5.79. The van der Waals surface area contributed by atoms with Crippen molar-refractivity contribution in [1.82, 2.24) is 14.4 Å². The third-order valence-corrected chi connectivity index (χ3v) is 6.75. The van der Waals surface area contributed by atoms with Gasteiger partial charge < -0.3 is 0 Å². The number of nitrogens with zero attached hydrogens (tertiary/aromatic N) is 4. The van der Waals surface area contributed by atoms with E-state index in [0.29, 0.717) is 35.8 Å². The first-order valence-electron chi connectivity index (χ1n) is 11.5. The summed E-state index contributed by atoms with van der Waals surface area (Å²) in [6.07, 6.45) is 4.87. The largest absolute Gasteiger partial charge is 0.433 e. The smallest absolute Gasteiger partial charge is 0.297 e. The molecule has 2 aromatic heterocycles. The van der Waals surface area contributed by atoms with Gasteiger partial charge in [0, 0.05) is 36.4 Å². The van der Waals surface area contributed by atoms with Crippen molar-refractivity contribution in [2.75, 3.05) is 6.54 Å². The number of rotatable bonds is 6. The molecule has 0 atom stereocenters. The monoisotopic (exact) mass is 466 g/mol. The van der Waals surface area contributed by atoms with Gasteiger partial charge in [-0.05, 0) is 42.7 Å². The lowest BCUT2D eigenvalue weighted by Crippen LogP contribution is -2.23. The number of alkyl halides is 3. The molecule has 5 nitrogen and oxygen atoms in total. The van der Waals surface area contributed by atoms with Gasteiger partial charge in [-0.1, -0.05) is 31.2 Å². The molecule has 0 saturated heterocycles. The summed E-state index contributed by atoms with van der Waals surface area (Å²) in [5.74, 6) is 1.40. The van der Waals surface area contributed by atoms with Gasteiger partial charge in [0.15, 0.2) is 11.4 Å². The molecule has 1 aliphatic heterocycles. The zero-order valence-corrected chi connectivity index (χ0v) is 19.1. The summed E-state index contributed by atoms with van der Waals surface area (Å²) < 4.78 is 41.7. The average molecular weight is 467 g/mol. The molecule has 2 aliphatic rings. The van der Waals surface area contributed by atoms with E-state index in [9.17, 15) is 18.0 Å². The van der Waals surface area contributed by atoms with Gasteiger partial charge in [0.25, 0.3) is 0 Å². The number of carbonyl (C=O) groups excluding carboxylic acids is 1. The van der Waals surface area contributed by atoms with E-state index >= 15 is 0 Å². The highest BCUT2D eigenvalue weighted by Crippen LogP contribution is 2.36. The molecule has 0 unspecified atom stereocenters. The van der Waals surface area contributed by atoms with Gasteiger partial charge in [-0.25, -0.2) is 4.98 Å². The number of Topliss-reactive ketones (excluding diaryl/α,β-unsaturated/α-hetero) is 1. The first-order chi connectivity index (χ1) is 16.2. The van der Waals surface area contributed by atoms with Gasteiger partial charge >= 0.3 is 6.18 Å². The van der Waals surface area contributed by atoms with Crippen molar-refractivity contribution in [3.8, 4) is 0 Å². The second-order valence-electron chi connectivity index (χ2n) is 9.41. The molecule has 3 heterocycles. The Balaban J connectivity index is 1.38. The van der Waals surface area contributed by atoms with Crippen LogP contribution in [0.5, 0.6) is 0 Å². The summed E-state index contributed by atoms with van der Waals surface area (Å²) in [7, 11) is 0. The third kappa shape index (κ3) is 4.17. The fourth-order valence-corrected chi connectivity index (χ4v) is 5.13. The Hall–Kier alpha value is -3.29. The molecule has 1 fully saturated rings. The van der Waals surface area contributed by atoms with Gasteiger partial charge in [0.1, 0.15) is 5.71 Å². The number of hydrogen-bond donors (Lipinski definition) is 0. The summed E-state index contributed by atoms with van der Waals surface area (Å²) in [5.41, 5.74) is 3.31. The van der Waals surface area contributed by atoms with Crippen molar-refractivity contribution < 1.29 is 18.0 Å². The Morgan fingerprint density at radius 3 is 2.71 bits per heavy atom. The number of aliphatic imine (C=N–C) groups is 1. The van der Waals surface area contributed by atoms with E-state index in [0.717, 1.165) is 35.4 Å². The summed E-state index contributed by atoms with van der Waals surface area (Å²) in [4.78, 5) is 25.2. The molecule has 0 spiro atoms. The van der Waals surface area contributed by atoms with Gasteiger partial charge in [0.05, 0.1) is 24.1 Å². The SMILES string of the molecule is Cc1cc(Cc2nccn3c(C4=CCN=C4C(F)(F)F)cnc23)ccc1C(=O)C[C@H]1C[C@H](C)C1. The Morgan fingerprint density at radius 2 is 2.00 bits per heavy atom. The maximum Gasteiger partial charge on any atom is 0.433 e. The van der Waals surface area contributed by atoms with Crippen LogP contribution in [0.15, 0.2) is 47.9 Å². The van der Waals surface area contributed by atoms with Crippen molar-refractivity contribution in [3.05, 3.63) is 70.9 Å². The molecule has 1 aromatic carbocycles. The van der Waals surface area contributed by atoms with Crippen LogP contribution in [0.2, 0.25) is 0 Å². The number of aromatic nitrogens is 3. The highest BCUT2D eigenvalue weighted by Gasteiger charge is 2.40. The van der Waals surface area contributed by atoms with Crippen LogP contribution in [0.4, 0.5) is 13.2 Å². The quantitative estimate of drug-likeness (QED) is 0.441. The van der Waals surface area contributed by atoms with Crippen molar-refractivity contribution in [3.63, 3.8) is 0 Å². The van der Waals surface area contributed by atoms with Crippen molar-refractivity contribution >= 4 is 22.7 Å². The lowest BCUT2D eigenvalue weighted by molar-refractivity contribution is -0.0571. The number of halogens is 3. The Labute approximate surface area is 195 Å². The molecule has 0 bridgehead atoms. The normalized spacial score (nSPS) is 20.3. The number of fused-ring (bicyclic) bond motifs is 1. The van der Waals surface area contributed by atoms with Crippen molar-refractivity contribution in [2.24, 2.45) is 16.8 Å². The van der Waals surface area contributed by atoms with Gasteiger partial charge in [0.2, 0.25) is 0 Å². The lowest BCUT2D eigenvalue weighted by Gasteiger charge is -2.32. The number of aryl methyl sites for hydroxylation is 1. The van der Waals surface area contributed by atoms with Crippen LogP contribution in [0, 0.1) is 18.8 Å². The minimum absolute atomic E-state index is 0.000527. The number of imidazole rings is 1.